The fourth-order valence-corrected chi connectivity index (χ4v) is 3.82. The number of nitrogens with one attached hydrogen (secondary N) is 1. The standard InChI is InChI=1S/C20H19Cl3N4O2S/c1-3-12-4-6-13(7-5-12)29-10-18-25-26-20(27(18)2)30-11-19(28)24-17-9-15(22)14(21)8-16(17)23/h4-9H,3,10-11H2,1-2H3,(H,24,28). The molecule has 1 N–H and O–H groups in total. The molecular formula is C20H19Cl3N4O2S. The smallest absolute Gasteiger partial charge is 0.234 e. The average Bonchev–Trinajstić information content (AvgIpc) is 3.09. The predicted octanol–water partition coefficient (Wildman–Crippen LogP) is 5.65. The number of amides is 1. The van der Waals surface area contributed by atoms with Crippen molar-refractivity contribution in [3.63, 3.8) is 0 Å². The van der Waals surface area contributed by atoms with Crippen LogP contribution in [0.3, 0.4) is 0 Å². The number of hydrogen-bond donors (Lipinski definition) is 1. The van der Waals surface area contributed by atoms with Crippen LogP contribution in [-0.2, 0) is 24.9 Å². The number of halogens is 3. The van der Waals surface area contributed by atoms with Crippen molar-refractivity contribution in [2.45, 2.75) is 25.1 Å². The molecule has 3 rings (SSSR count). The number of aryl methyl sites for hydroxylation is 1. The van der Waals surface area contributed by atoms with Gasteiger partial charge in [0.2, 0.25) is 5.91 Å². The van der Waals surface area contributed by atoms with E-state index < -0.39 is 0 Å². The van der Waals surface area contributed by atoms with Gasteiger partial charge in [0.15, 0.2) is 11.0 Å². The van der Waals surface area contributed by atoms with E-state index in [-0.39, 0.29) is 18.3 Å². The third-order valence-electron chi connectivity index (χ3n) is 4.24. The molecule has 10 heteroatoms. The molecule has 0 saturated carbocycles. The summed E-state index contributed by atoms with van der Waals surface area (Å²) >= 11 is 19.2. The number of hydrogen-bond acceptors (Lipinski definition) is 5. The minimum atomic E-state index is -0.253. The van der Waals surface area contributed by atoms with Crippen molar-refractivity contribution < 1.29 is 9.53 Å². The number of thioether (sulfide) groups is 1. The number of rotatable bonds is 8. The third kappa shape index (κ3) is 5.82. The van der Waals surface area contributed by atoms with Crippen LogP contribution in [0.15, 0.2) is 41.6 Å². The third-order valence-corrected chi connectivity index (χ3v) is 6.30. The maximum Gasteiger partial charge on any atom is 0.234 e. The summed E-state index contributed by atoms with van der Waals surface area (Å²) in [6, 6.07) is 10.9. The van der Waals surface area contributed by atoms with Gasteiger partial charge in [-0.2, -0.15) is 0 Å². The molecule has 0 aliphatic carbocycles. The first-order valence-electron chi connectivity index (χ1n) is 9.04. The topological polar surface area (TPSA) is 69.0 Å². The molecule has 3 aromatic rings. The van der Waals surface area contributed by atoms with Crippen LogP contribution >= 0.6 is 46.6 Å². The van der Waals surface area contributed by atoms with Gasteiger partial charge in [-0.1, -0.05) is 65.6 Å². The largest absolute Gasteiger partial charge is 0.486 e. The minimum Gasteiger partial charge on any atom is -0.486 e. The summed E-state index contributed by atoms with van der Waals surface area (Å²) in [5.74, 6) is 1.30. The lowest BCUT2D eigenvalue weighted by molar-refractivity contribution is -0.113. The van der Waals surface area contributed by atoms with Crippen LogP contribution in [0.1, 0.15) is 18.3 Å². The lowest BCUT2D eigenvalue weighted by atomic mass is 10.2. The van der Waals surface area contributed by atoms with Gasteiger partial charge in [0.1, 0.15) is 12.4 Å². The summed E-state index contributed by atoms with van der Waals surface area (Å²) in [6.45, 7) is 2.38. The zero-order valence-electron chi connectivity index (χ0n) is 16.3. The van der Waals surface area contributed by atoms with Gasteiger partial charge in [-0.15, -0.1) is 10.2 Å². The SMILES string of the molecule is CCc1ccc(OCc2nnc(SCC(=O)Nc3cc(Cl)c(Cl)cc3Cl)n2C)cc1. The number of anilines is 1. The van der Waals surface area contributed by atoms with Crippen LogP contribution in [0.25, 0.3) is 0 Å². The van der Waals surface area contributed by atoms with Crippen molar-refractivity contribution in [2.24, 2.45) is 7.05 Å². The van der Waals surface area contributed by atoms with E-state index in [0.717, 1.165) is 12.2 Å². The second-order valence-corrected chi connectivity index (χ2v) is 8.49. The highest BCUT2D eigenvalue weighted by Gasteiger charge is 2.14. The van der Waals surface area contributed by atoms with E-state index in [1.807, 2.05) is 31.3 Å². The molecule has 1 amide bonds. The molecule has 1 aromatic heterocycles. The van der Waals surface area contributed by atoms with Gasteiger partial charge in [-0.05, 0) is 36.2 Å². The molecule has 6 nitrogen and oxygen atoms in total. The molecule has 1 heterocycles. The maximum absolute atomic E-state index is 12.3. The van der Waals surface area contributed by atoms with Crippen LogP contribution in [-0.4, -0.2) is 26.4 Å². The highest BCUT2D eigenvalue weighted by molar-refractivity contribution is 7.99. The monoisotopic (exact) mass is 484 g/mol. The van der Waals surface area contributed by atoms with E-state index in [1.54, 1.807) is 4.57 Å². The molecule has 0 spiro atoms. The van der Waals surface area contributed by atoms with E-state index in [9.17, 15) is 4.79 Å². The van der Waals surface area contributed by atoms with Crippen LogP contribution in [0.4, 0.5) is 5.69 Å². The number of ether oxygens (including phenoxy) is 1. The Morgan fingerprint density at radius 3 is 2.50 bits per heavy atom. The number of nitrogens with zero attached hydrogens (tertiary/aromatic N) is 3. The summed E-state index contributed by atoms with van der Waals surface area (Å²) in [5.41, 5.74) is 1.65. The Balaban J connectivity index is 1.54. The first-order chi connectivity index (χ1) is 14.4. The van der Waals surface area contributed by atoms with Gasteiger partial charge >= 0.3 is 0 Å². The van der Waals surface area contributed by atoms with Crippen LogP contribution in [0.5, 0.6) is 5.75 Å². The van der Waals surface area contributed by atoms with E-state index in [1.165, 1.54) is 29.5 Å². The summed E-state index contributed by atoms with van der Waals surface area (Å²) in [7, 11) is 1.83. The van der Waals surface area contributed by atoms with Gasteiger partial charge in [0.25, 0.3) is 0 Å². The Morgan fingerprint density at radius 1 is 1.10 bits per heavy atom. The minimum absolute atomic E-state index is 0.127. The molecule has 0 atom stereocenters. The Hall–Kier alpha value is -1.93. The Labute approximate surface area is 193 Å². The first-order valence-corrected chi connectivity index (χ1v) is 11.2. The second kappa shape index (κ2) is 10.4. The number of aromatic nitrogens is 3. The average molecular weight is 486 g/mol. The van der Waals surface area contributed by atoms with Crippen LogP contribution < -0.4 is 10.1 Å². The highest BCUT2D eigenvalue weighted by atomic mass is 35.5. The van der Waals surface area contributed by atoms with E-state index in [2.05, 4.69) is 22.4 Å². The summed E-state index contributed by atoms with van der Waals surface area (Å²) in [4.78, 5) is 12.3. The van der Waals surface area contributed by atoms with Crippen molar-refractivity contribution >= 4 is 58.2 Å². The molecule has 0 radical (unpaired) electrons. The fourth-order valence-electron chi connectivity index (χ4n) is 2.50. The second-order valence-electron chi connectivity index (χ2n) is 6.33. The molecule has 0 unspecified atom stereocenters. The number of benzene rings is 2. The molecule has 30 heavy (non-hydrogen) atoms. The van der Waals surface area contributed by atoms with Crippen LogP contribution in [0, 0.1) is 0 Å². The number of carbonyl (C=O) groups excluding carboxylic acids is 1. The van der Waals surface area contributed by atoms with Crippen LogP contribution in [0.2, 0.25) is 15.1 Å². The normalized spacial score (nSPS) is 10.8. The van der Waals surface area contributed by atoms with E-state index >= 15 is 0 Å². The molecule has 0 fully saturated rings. The van der Waals surface area contributed by atoms with E-state index in [4.69, 9.17) is 39.5 Å². The summed E-state index contributed by atoms with van der Waals surface area (Å²) in [5, 5.41) is 12.5. The Bertz CT molecular complexity index is 1040. The molecular weight excluding hydrogens is 467 g/mol. The van der Waals surface area contributed by atoms with E-state index in [0.29, 0.717) is 31.7 Å². The lowest BCUT2D eigenvalue weighted by Crippen LogP contribution is -2.15. The van der Waals surface area contributed by atoms with Gasteiger partial charge in [0.05, 0.1) is 26.5 Å². The lowest BCUT2D eigenvalue weighted by Gasteiger charge is -2.09. The van der Waals surface area contributed by atoms with Gasteiger partial charge in [0, 0.05) is 7.05 Å². The maximum atomic E-state index is 12.3. The van der Waals surface area contributed by atoms with Gasteiger partial charge in [-0.3, -0.25) is 4.79 Å². The van der Waals surface area contributed by atoms with Crippen molar-refractivity contribution in [1.82, 2.24) is 14.8 Å². The van der Waals surface area contributed by atoms with Crippen molar-refractivity contribution in [1.29, 1.82) is 0 Å². The van der Waals surface area contributed by atoms with Crippen molar-refractivity contribution in [3.05, 3.63) is 62.9 Å². The summed E-state index contributed by atoms with van der Waals surface area (Å²) in [6.07, 6.45) is 0.981. The number of carbonyl (C=O) groups is 1. The molecule has 0 saturated heterocycles. The quantitative estimate of drug-likeness (QED) is 0.330. The fraction of sp³-hybridized carbons (Fsp3) is 0.250. The molecule has 0 aliphatic heterocycles. The van der Waals surface area contributed by atoms with Crippen molar-refractivity contribution in [3.8, 4) is 5.75 Å². The predicted molar refractivity (Wildman–Crippen MR) is 122 cm³/mol. The zero-order chi connectivity index (χ0) is 21.7. The molecule has 0 bridgehead atoms. The van der Waals surface area contributed by atoms with Crippen molar-refractivity contribution in [2.75, 3.05) is 11.1 Å². The molecule has 2 aromatic carbocycles. The first kappa shape index (κ1) is 22.7. The van der Waals surface area contributed by atoms with Gasteiger partial charge < -0.3 is 14.6 Å². The summed E-state index contributed by atoms with van der Waals surface area (Å²) < 4.78 is 7.57. The molecule has 0 aliphatic rings. The van der Waals surface area contributed by atoms with Gasteiger partial charge in [-0.25, -0.2) is 0 Å². The zero-order valence-corrected chi connectivity index (χ0v) is 19.4. The molecule has 158 valence electrons. The Kier molecular flexibility index (Phi) is 7.88. The Morgan fingerprint density at radius 2 is 1.80 bits per heavy atom. The highest BCUT2D eigenvalue weighted by Crippen LogP contribution is 2.32.